The maximum Gasteiger partial charge on any atom is 0.339 e. The monoisotopic (exact) mass is 451 g/mol. The topological polar surface area (TPSA) is 175 Å². The fourth-order valence-electron chi connectivity index (χ4n) is 3.65. The quantitative estimate of drug-likeness (QED) is 0.356. The number of thiophene rings is 1. The molecule has 0 spiro atoms. The smallest absolute Gasteiger partial charge is 0.339 e. The number of rotatable bonds is 6. The van der Waals surface area contributed by atoms with Crippen molar-refractivity contribution in [2.75, 3.05) is 18.9 Å². The molecule has 1 aliphatic heterocycles. The molecule has 0 aromatic carbocycles. The average molecular weight is 451 g/mol. The van der Waals surface area contributed by atoms with Crippen molar-refractivity contribution in [3.8, 4) is 0 Å². The number of fused-ring (bicyclic) bond motifs is 1. The Kier molecular flexibility index (Phi) is 5.66. The Morgan fingerprint density at radius 3 is 2.94 bits per heavy atom. The molecule has 0 bridgehead atoms. The van der Waals surface area contributed by atoms with Crippen LogP contribution in [-0.2, 0) is 16.0 Å². The number of nitrogens with two attached hydrogens (primary N) is 1. The first kappa shape index (κ1) is 21.2. The van der Waals surface area contributed by atoms with Gasteiger partial charge in [-0.25, -0.2) is 14.2 Å². The van der Waals surface area contributed by atoms with Crippen molar-refractivity contribution in [1.82, 2.24) is 19.1 Å². The van der Waals surface area contributed by atoms with Crippen molar-refractivity contribution in [3.05, 3.63) is 42.7 Å². The van der Waals surface area contributed by atoms with Crippen LogP contribution in [0.1, 0.15) is 34.8 Å². The molecule has 3 aromatic rings. The predicted octanol–water partition coefficient (Wildman–Crippen LogP) is -0.604. The summed E-state index contributed by atoms with van der Waals surface area (Å²) >= 11 is 1.23. The highest BCUT2D eigenvalue weighted by Crippen LogP contribution is 2.30. The molecule has 1 aliphatic rings. The van der Waals surface area contributed by atoms with Gasteiger partial charge < -0.3 is 25.4 Å². The van der Waals surface area contributed by atoms with E-state index in [9.17, 15) is 24.6 Å². The van der Waals surface area contributed by atoms with E-state index >= 15 is 0 Å². The van der Waals surface area contributed by atoms with Crippen LogP contribution in [-0.4, -0.2) is 60.7 Å². The van der Waals surface area contributed by atoms with Gasteiger partial charge >= 0.3 is 11.7 Å². The predicted molar refractivity (Wildman–Crippen MR) is 110 cm³/mol. The van der Waals surface area contributed by atoms with E-state index < -0.39 is 35.7 Å². The zero-order valence-electron chi connectivity index (χ0n) is 16.5. The van der Waals surface area contributed by atoms with Gasteiger partial charge in [0.25, 0.3) is 5.56 Å². The molecule has 0 radical (unpaired) electrons. The van der Waals surface area contributed by atoms with Crippen LogP contribution >= 0.6 is 11.3 Å². The highest BCUT2D eigenvalue weighted by molar-refractivity contribution is 7.10. The maximum absolute atomic E-state index is 13.3. The largest absolute Gasteiger partial charge is 0.462 e. The highest BCUT2D eigenvalue weighted by Gasteiger charge is 2.38. The summed E-state index contributed by atoms with van der Waals surface area (Å²) in [7, 11) is 0. The second-order valence-electron chi connectivity index (χ2n) is 6.97. The van der Waals surface area contributed by atoms with Crippen molar-refractivity contribution in [2.45, 2.75) is 38.3 Å². The summed E-state index contributed by atoms with van der Waals surface area (Å²) in [6, 6.07) is 1.58. The van der Waals surface area contributed by atoms with Gasteiger partial charge in [0.2, 0.25) is 5.95 Å². The number of nitrogens with zero attached hydrogens (tertiary/aromatic N) is 3. The first-order valence-corrected chi connectivity index (χ1v) is 10.4. The van der Waals surface area contributed by atoms with E-state index in [0.717, 1.165) is 9.13 Å². The molecule has 4 heterocycles. The number of hydrogen-bond acceptors (Lipinski definition) is 10. The first-order chi connectivity index (χ1) is 14.8. The molecule has 13 heteroatoms. The second-order valence-corrected chi connectivity index (χ2v) is 7.97. The van der Waals surface area contributed by atoms with Crippen LogP contribution in [0.2, 0.25) is 0 Å². The van der Waals surface area contributed by atoms with E-state index in [0.29, 0.717) is 4.88 Å². The summed E-state index contributed by atoms with van der Waals surface area (Å²) in [4.78, 5) is 45.2. The fourth-order valence-corrected chi connectivity index (χ4v) is 4.50. The zero-order chi connectivity index (χ0) is 22.3. The second kappa shape index (κ2) is 8.26. The van der Waals surface area contributed by atoms with Crippen molar-refractivity contribution >= 4 is 34.4 Å². The lowest BCUT2D eigenvalue weighted by Crippen LogP contribution is -2.32. The van der Waals surface area contributed by atoms with E-state index in [1.165, 1.54) is 11.3 Å². The van der Waals surface area contributed by atoms with Gasteiger partial charge in [0, 0.05) is 11.3 Å². The molecule has 0 aliphatic carbocycles. The molecule has 0 amide bonds. The van der Waals surface area contributed by atoms with Gasteiger partial charge in [0.05, 0.1) is 31.4 Å². The zero-order valence-corrected chi connectivity index (χ0v) is 17.3. The lowest BCUT2D eigenvalue weighted by molar-refractivity contribution is -0.0505. The molecule has 1 fully saturated rings. The van der Waals surface area contributed by atoms with Gasteiger partial charge in [0.15, 0.2) is 17.4 Å². The third-order valence-corrected chi connectivity index (χ3v) is 5.90. The SMILES string of the molecule is CCOC(=O)c1ccsc1Cn1c(=O)n([C@@H]2O[C@H](CO)C[C@H]2O)c2nc(N)[nH]c(=O)c21. The van der Waals surface area contributed by atoms with Gasteiger partial charge in [-0.15, -0.1) is 11.3 Å². The first-order valence-electron chi connectivity index (χ1n) is 9.54. The number of carbonyl (C=O) groups is 1. The molecular formula is C18H21N5O7S. The molecular weight excluding hydrogens is 430 g/mol. The Balaban J connectivity index is 1.87. The van der Waals surface area contributed by atoms with E-state index in [1.54, 1.807) is 18.4 Å². The summed E-state index contributed by atoms with van der Waals surface area (Å²) < 4.78 is 12.9. The normalized spacial score (nSPS) is 21.1. The number of ether oxygens (including phenoxy) is 2. The fraction of sp³-hybridized carbons (Fsp3) is 0.444. The Hall–Kier alpha value is -3.00. The van der Waals surface area contributed by atoms with E-state index in [1.807, 2.05) is 0 Å². The molecule has 166 valence electrons. The van der Waals surface area contributed by atoms with Gasteiger partial charge in [-0.05, 0) is 18.4 Å². The number of anilines is 1. The number of hydrogen-bond donors (Lipinski definition) is 4. The molecule has 12 nitrogen and oxygen atoms in total. The van der Waals surface area contributed by atoms with Crippen LogP contribution in [0.3, 0.4) is 0 Å². The minimum Gasteiger partial charge on any atom is -0.462 e. The lowest BCUT2D eigenvalue weighted by atomic mass is 10.2. The third kappa shape index (κ3) is 3.65. The molecule has 5 N–H and O–H groups in total. The summed E-state index contributed by atoms with van der Waals surface area (Å²) in [5.74, 6) is -0.745. The van der Waals surface area contributed by atoms with Crippen molar-refractivity contribution in [3.63, 3.8) is 0 Å². The number of carbonyl (C=O) groups excluding carboxylic acids is 1. The number of H-pyrrole nitrogens is 1. The lowest BCUT2D eigenvalue weighted by Gasteiger charge is -2.15. The summed E-state index contributed by atoms with van der Waals surface area (Å²) in [6.45, 7) is 1.44. The van der Waals surface area contributed by atoms with E-state index in [4.69, 9.17) is 15.2 Å². The molecule has 3 atom stereocenters. The van der Waals surface area contributed by atoms with Crippen molar-refractivity contribution < 1.29 is 24.5 Å². The van der Waals surface area contributed by atoms with Gasteiger partial charge in [-0.1, -0.05) is 0 Å². The number of aliphatic hydroxyl groups is 2. The van der Waals surface area contributed by atoms with Gasteiger partial charge in [-0.3, -0.25) is 14.3 Å². The Labute approximate surface area is 178 Å². The van der Waals surface area contributed by atoms with Crippen LogP contribution < -0.4 is 17.0 Å². The van der Waals surface area contributed by atoms with E-state index in [-0.39, 0.29) is 48.9 Å². The number of aromatic amines is 1. The van der Waals surface area contributed by atoms with E-state index in [2.05, 4.69) is 9.97 Å². The summed E-state index contributed by atoms with van der Waals surface area (Å²) in [5, 5.41) is 21.4. The summed E-state index contributed by atoms with van der Waals surface area (Å²) in [5.41, 5.74) is 4.49. The minimum atomic E-state index is -1.16. The number of aromatic nitrogens is 4. The minimum absolute atomic E-state index is 0.0665. The molecule has 0 saturated carbocycles. The highest BCUT2D eigenvalue weighted by atomic mass is 32.1. The molecule has 3 aromatic heterocycles. The summed E-state index contributed by atoms with van der Waals surface area (Å²) in [6.07, 6.45) is -2.82. The Morgan fingerprint density at radius 1 is 1.48 bits per heavy atom. The van der Waals surface area contributed by atoms with Crippen LogP contribution in [0.4, 0.5) is 5.95 Å². The molecule has 0 unspecified atom stereocenters. The standard InChI is InChI=1S/C18H21N5O7S/c1-2-29-16(27)9-3-4-31-11(9)6-22-12-13(20-17(19)21-14(12)26)23(18(22)28)15-10(25)5-8(7-24)30-15/h3-4,8,10,15,24-25H,2,5-7H2,1H3,(H3,19,20,21,26)/t8-,10+,15+/m0/s1. The van der Waals surface area contributed by atoms with Crippen LogP contribution in [0.5, 0.6) is 0 Å². The van der Waals surface area contributed by atoms with Gasteiger partial charge in [-0.2, -0.15) is 4.98 Å². The van der Waals surface area contributed by atoms with Crippen molar-refractivity contribution in [1.29, 1.82) is 0 Å². The molecule has 4 rings (SSSR count). The Morgan fingerprint density at radius 2 is 2.26 bits per heavy atom. The van der Waals surface area contributed by atoms with Crippen LogP contribution in [0.25, 0.3) is 11.2 Å². The molecule has 31 heavy (non-hydrogen) atoms. The maximum atomic E-state index is 13.3. The number of aliphatic hydroxyl groups excluding tert-OH is 2. The van der Waals surface area contributed by atoms with Crippen molar-refractivity contribution in [2.24, 2.45) is 0 Å². The number of imidazole rings is 1. The molecule has 1 saturated heterocycles. The van der Waals surface area contributed by atoms with Gasteiger partial charge in [0.1, 0.15) is 6.10 Å². The van der Waals surface area contributed by atoms with Crippen LogP contribution in [0.15, 0.2) is 21.0 Å². The van der Waals surface area contributed by atoms with Crippen LogP contribution in [0, 0.1) is 0 Å². The average Bonchev–Trinajstić information content (AvgIpc) is 3.39. The number of nitrogen functional groups attached to an aromatic ring is 1. The number of esters is 1. The third-order valence-electron chi connectivity index (χ3n) is 5.00. The number of nitrogens with one attached hydrogen (secondary N) is 1. The Bertz CT molecular complexity index is 1240.